The van der Waals surface area contributed by atoms with Crippen LogP contribution in [0.2, 0.25) is 0 Å². The first-order chi connectivity index (χ1) is 10.9. The van der Waals surface area contributed by atoms with E-state index >= 15 is 0 Å². The third kappa shape index (κ3) is 11.7. The summed E-state index contributed by atoms with van der Waals surface area (Å²) in [5.74, 6) is 0.912. The van der Waals surface area contributed by atoms with Crippen LogP contribution >= 0.6 is 21.6 Å². The molecule has 1 N–H and O–H groups in total. The van der Waals surface area contributed by atoms with Gasteiger partial charge in [-0.25, -0.2) is 4.98 Å². The van der Waals surface area contributed by atoms with E-state index in [9.17, 15) is 0 Å². The lowest BCUT2D eigenvalue weighted by Gasteiger charge is -2.05. The molecule has 1 rings (SSSR count). The highest BCUT2D eigenvalue weighted by Crippen LogP contribution is 2.28. The van der Waals surface area contributed by atoms with Crippen LogP contribution in [0.4, 0.5) is 0 Å². The lowest BCUT2D eigenvalue weighted by Crippen LogP contribution is -2.11. The molecule has 0 unspecified atom stereocenters. The molecule has 0 fully saturated rings. The van der Waals surface area contributed by atoms with Crippen LogP contribution in [0.3, 0.4) is 0 Å². The van der Waals surface area contributed by atoms with Gasteiger partial charge >= 0.3 is 0 Å². The topological polar surface area (TPSA) is 90.9 Å². The highest BCUT2D eigenvalue weighted by molar-refractivity contribution is 8.76. The van der Waals surface area contributed by atoms with Crippen molar-refractivity contribution in [2.75, 3.05) is 51.9 Å². The Morgan fingerprint density at radius 1 is 1.05 bits per heavy atom. The maximum absolute atomic E-state index is 6.46. The second kappa shape index (κ2) is 15.0. The first-order valence-corrected chi connectivity index (χ1v) is 9.22. The Hall–Kier alpha value is -0.960. The number of ether oxygens (including phenoxy) is 3. The molecule has 0 aliphatic heterocycles. The minimum absolute atomic E-state index is 0.417. The molecule has 0 bridgehead atoms. The van der Waals surface area contributed by atoms with Crippen LogP contribution in [0, 0.1) is 5.53 Å². The van der Waals surface area contributed by atoms with E-state index in [0.29, 0.717) is 46.2 Å². The first-order valence-electron chi connectivity index (χ1n) is 6.90. The summed E-state index contributed by atoms with van der Waals surface area (Å²) in [5.41, 5.74) is 6.46. The molecule has 0 radical (unpaired) electrons. The summed E-state index contributed by atoms with van der Waals surface area (Å²) < 4.78 is 16.0. The van der Waals surface area contributed by atoms with Gasteiger partial charge in [0.1, 0.15) is 22.2 Å². The van der Waals surface area contributed by atoms with Crippen LogP contribution in [0.25, 0.3) is 0 Å². The summed E-state index contributed by atoms with van der Waals surface area (Å²) in [6, 6.07) is 5.88. The van der Waals surface area contributed by atoms with Gasteiger partial charge in [-0.3, -0.25) is 0 Å². The van der Waals surface area contributed by atoms with Gasteiger partial charge in [-0.05, 0) is 22.9 Å². The number of rotatable bonds is 14. The number of pyridine rings is 1. The quantitative estimate of drug-likeness (QED) is 0.241. The molecule has 9 heteroatoms. The highest BCUT2D eigenvalue weighted by Gasteiger charge is 1.96. The summed E-state index contributed by atoms with van der Waals surface area (Å²) in [6.07, 6.45) is 1.79. The fourth-order valence-corrected chi connectivity index (χ4v) is 3.03. The van der Waals surface area contributed by atoms with Gasteiger partial charge in [0.25, 0.3) is 0 Å². The lowest BCUT2D eigenvalue weighted by molar-refractivity contribution is 0.0188. The number of nitrogens with zero attached hydrogens (tertiary/aromatic N) is 3. The number of nitrogens with one attached hydrogen (secondary N) is 1. The summed E-state index contributed by atoms with van der Waals surface area (Å²) in [4.78, 5) is 7.11. The van der Waals surface area contributed by atoms with Gasteiger partial charge < -0.3 is 14.2 Å². The zero-order chi connectivity index (χ0) is 15.7. The van der Waals surface area contributed by atoms with E-state index in [-0.39, 0.29) is 0 Å². The van der Waals surface area contributed by atoms with Crippen molar-refractivity contribution in [3.63, 3.8) is 0 Å². The van der Waals surface area contributed by atoms with Gasteiger partial charge in [-0.15, -0.1) is 0 Å². The van der Waals surface area contributed by atoms with Crippen molar-refractivity contribution in [3.05, 3.63) is 24.4 Å². The molecular weight excluding hydrogens is 324 g/mol. The van der Waals surface area contributed by atoms with E-state index in [4.69, 9.17) is 19.7 Å². The predicted octanol–water partition coefficient (Wildman–Crippen LogP) is 2.42. The third-order valence-electron chi connectivity index (χ3n) is 2.24. The first kappa shape index (κ1) is 19.1. The van der Waals surface area contributed by atoms with Crippen molar-refractivity contribution in [1.29, 1.82) is 5.53 Å². The monoisotopic (exact) mass is 345 g/mol. The summed E-state index contributed by atoms with van der Waals surface area (Å²) in [6.45, 7) is 3.78. The molecule has 0 saturated heterocycles. The second-order valence-corrected chi connectivity index (χ2v) is 6.31. The van der Waals surface area contributed by atoms with Gasteiger partial charge in [0.15, 0.2) is 0 Å². The van der Waals surface area contributed by atoms with E-state index < -0.39 is 0 Å². The third-order valence-corrected chi connectivity index (χ3v) is 4.47. The van der Waals surface area contributed by atoms with Crippen LogP contribution in [-0.4, -0.2) is 56.9 Å². The molecular formula is C13H21N4O3S2+. The van der Waals surface area contributed by atoms with E-state index in [1.165, 1.54) is 0 Å². The zero-order valence-electron chi connectivity index (χ0n) is 12.3. The lowest BCUT2D eigenvalue weighted by atomic mass is 10.5. The Balaban J connectivity index is 1.76. The van der Waals surface area contributed by atoms with Crippen molar-refractivity contribution in [2.24, 2.45) is 5.11 Å². The molecule has 1 aromatic rings. The van der Waals surface area contributed by atoms with Gasteiger partial charge in [0, 0.05) is 11.9 Å². The molecule has 7 nitrogen and oxygen atoms in total. The van der Waals surface area contributed by atoms with Crippen molar-refractivity contribution >= 4 is 21.6 Å². The number of aromatic nitrogens is 1. The van der Waals surface area contributed by atoms with Crippen LogP contribution in [-0.2, 0) is 14.2 Å². The SMILES string of the molecule is N=[N+]=NCCOCCOCCOCCSSc1ccccn1. The molecule has 0 aliphatic carbocycles. The highest BCUT2D eigenvalue weighted by atomic mass is 33.1. The summed E-state index contributed by atoms with van der Waals surface area (Å²) >= 11 is 0. The largest absolute Gasteiger partial charge is 0.378 e. The van der Waals surface area contributed by atoms with Gasteiger partial charge in [0.2, 0.25) is 4.91 Å². The maximum Gasteiger partial charge on any atom is 0.214 e. The molecule has 122 valence electrons. The van der Waals surface area contributed by atoms with E-state index in [0.717, 1.165) is 10.8 Å². The van der Waals surface area contributed by atoms with Crippen molar-refractivity contribution in [1.82, 2.24) is 9.90 Å². The van der Waals surface area contributed by atoms with E-state index in [2.05, 4.69) is 15.0 Å². The molecule has 0 saturated carbocycles. The normalized spacial score (nSPS) is 10.4. The predicted molar refractivity (Wildman–Crippen MR) is 87.2 cm³/mol. The summed E-state index contributed by atoms with van der Waals surface area (Å²) in [5, 5.41) is 4.49. The molecule has 0 spiro atoms. The van der Waals surface area contributed by atoms with Crippen LogP contribution in [0.5, 0.6) is 0 Å². The zero-order valence-corrected chi connectivity index (χ0v) is 14.0. The Morgan fingerprint density at radius 3 is 2.45 bits per heavy atom. The molecule has 0 amide bonds. The van der Waals surface area contributed by atoms with Gasteiger partial charge in [-0.1, -0.05) is 16.9 Å². The van der Waals surface area contributed by atoms with Gasteiger partial charge in [0.05, 0.1) is 39.6 Å². The Kier molecular flexibility index (Phi) is 13.0. The standard InChI is InChI=1S/C13H21N4O3S2/c14-17-16-5-6-18-7-8-19-9-10-20-11-12-21-22-13-3-1-2-4-15-13/h1-4,14H,5-12H2/q+1. The van der Waals surface area contributed by atoms with Gasteiger partial charge in [-0.2, -0.15) is 0 Å². The molecule has 22 heavy (non-hydrogen) atoms. The second-order valence-electron chi connectivity index (χ2n) is 3.88. The molecule has 0 atom stereocenters. The fourth-order valence-electron chi connectivity index (χ4n) is 1.29. The Labute approximate surface area is 138 Å². The molecule has 1 heterocycles. The van der Waals surface area contributed by atoms with Crippen LogP contribution < -0.4 is 4.91 Å². The average Bonchev–Trinajstić information content (AvgIpc) is 2.56. The smallest absolute Gasteiger partial charge is 0.214 e. The van der Waals surface area contributed by atoms with Crippen LogP contribution in [0.1, 0.15) is 0 Å². The number of hydrogen-bond donors (Lipinski definition) is 1. The Morgan fingerprint density at radius 2 is 1.77 bits per heavy atom. The maximum atomic E-state index is 6.46. The van der Waals surface area contributed by atoms with Crippen molar-refractivity contribution in [2.45, 2.75) is 5.03 Å². The number of hydrogen-bond acceptors (Lipinski definition) is 8. The minimum atomic E-state index is 0.417. The van der Waals surface area contributed by atoms with E-state index in [1.54, 1.807) is 27.8 Å². The van der Waals surface area contributed by atoms with Crippen molar-refractivity contribution < 1.29 is 14.2 Å². The van der Waals surface area contributed by atoms with E-state index in [1.807, 2.05) is 18.2 Å². The fraction of sp³-hybridized carbons (Fsp3) is 0.615. The average molecular weight is 345 g/mol. The summed E-state index contributed by atoms with van der Waals surface area (Å²) in [7, 11) is 3.38. The minimum Gasteiger partial charge on any atom is -0.378 e. The molecule has 1 aromatic heterocycles. The molecule has 0 aromatic carbocycles. The Bertz CT molecular complexity index is 419. The molecule has 0 aliphatic rings. The van der Waals surface area contributed by atoms with Crippen molar-refractivity contribution in [3.8, 4) is 0 Å². The van der Waals surface area contributed by atoms with Crippen LogP contribution in [0.15, 0.2) is 34.5 Å².